The molecule has 0 saturated heterocycles. The van der Waals surface area contributed by atoms with Gasteiger partial charge in [0, 0.05) is 5.69 Å². The summed E-state index contributed by atoms with van der Waals surface area (Å²) in [4.78, 5) is 8.23. The molecule has 13 heavy (non-hydrogen) atoms. The van der Waals surface area contributed by atoms with E-state index in [-0.39, 0.29) is 0 Å². The summed E-state index contributed by atoms with van der Waals surface area (Å²) < 4.78 is 1.71. The third-order valence-electron chi connectivity index (χ3n) is 1.86. The minimum Gasteiger partial charge on any atom is -0.256 e. The van der Waals surface area contributed by atoms with E-state index in [0.717, 1.165) is 17.1 Å². The highest BCUT2D eigenvalue weighted by Gasteiger charge is 2.01. The highest BCUT2D eigenvalue weighted by atomic mass is 15.3. The van der Waals surface area contributed by atoms with Crippen molar-refractivity contribution in [1.29, 1.82) is 0 Å². The Morgan fingerprint density at radius 3 is 2.69 bits per heavy atom. The minimum atomic E-state index is 0.963. The van der Waals surface area contributed by atoms with Crippen molar-refractivity contribution in [2.24, 2.45) is 0 Å². The highest BCUT2D eigenvalue weighted by molar-refractivity contribution is 5.35. The summed E-state index contributed by atoms with van der Waals surface area (Å²) in [6.45, 7) is 3.93. The first kappa shape index (κ1) is 7.91. The van der Waals surface area contributed by atoms with Gasteiger partial charge in [-0.25, -0.2) is 9.67 Å². The first-order chi connectivity index (χ1) is 6.27. The van der Waals surface area contributed by atoms with Crippen LogP contribution in [0.15, 0.2) is 24.8 Å². The summed E-state index contributed by atoms with van der Waals surface area (Å²) in [5.41, 5.74) is 2.95. The number of aryl methyl sites for hydroxylation is 2. The molecule has 2 aromatic rings. The topological polar surface area (TPSA) is 43.6 Å². The molecule has 2 heterocycles. The average molecular weight is 174 g/mol. The monoisotopic (exact) mass is 174 g/mol. The lowest BCUT2D eigenvalue weighted by Gasteiger charge is -2.04. The first-order valence-electron chi connectivity index (χ1n) is 4.06. The summed E-state index contributed by atoms with van der Waals surface area (Å²) in [5, 5.41) is 4.04. The van der Waals surface area contributed by atoms with Gasteiger partial charge in [0.25, 0.3) is 0 Å². The predicted molar refractivity (Wildman–Crippen MR) is 48.6 cm³/mol. The molecule has 0 bridgehead atoms. The number of hydrogen-bond acceptors (Lipinski definition) is 3. The molecule has 2 rings (SSSR count). The molecule has 0 amide bonds. The predicted octanol–water partition coefficient (Wildman–Crippen LogP) is 1.28. The second-order valence-corrected chi connectivity index (χ2v) is 2.90. The SMILES string of the molecule is Cc1ccc(-n2cncn2)c(C)n1. The summed E-state index contributed by atoms with van der Waals surface area (Å²) in [6.07, 6.45) is 3.18. The van der Waals surface area contributed by atoms with E-state index in [1.54, 1.807) is 11.0 Å². The van der Waals surface area contributed by atoms with Gasteiger partial charge in [-0.1, -0.05) is 0 Å². The normalized spacial score (nSPS) is 10.3. The third-order valence-corrected chi connectivity index (χ3v) is 1.86. The van der Waals surface area contributed by atoms with Crippen LogP contribution in [0.2, 0.25) is 0 Å². The summed E-state index contributed by atoms with van der Waals surface area (Å²) in [5.74, 6) is 0. The number of pyridine rings is 1. The van der Waals surface area contributed by atoms with Crippen LogP contribution >= 0.6 is 0 Å². The van der Waals surface area contributed by atoms with Gasteiger partial charge in [-0.2, -0.15) is 5.10 Å². The number of rotatable bonds is 1. The van der Waals surface area contributed by atoms with Gasteiger partial charge in [-0.15, -0.1) is 0 Å². The zero-order valence-electron chi connectivity index (χ0n) is 7.60. The smallest absolute Gasteiger partial charge is 0.138 e. The lowest BCUT2D eigenvalue weighted by Crippen LogP contribution is -1.99. The Balaban J connectivity index is 2.53. The zero-order valence-corrected chi connectivity index (χ0v) is 7.60. The average Bonchev–Trinajstić information content (AvgIpc) is 2.56. The number of aromatic nitrogens is 4. The highest BCUT2D eigenvalue weighted by Crippen LogP contribution is 2.09. The third kappa shape index (κ3) is 1.42. The molecular formula is C9H10N4. The van der Waals surface area contributed by atoms with Crippen LogP contribution in [-0.2, 0) is 0 Å². The summed E-state index contributed by atoms with van der Waals surface area (Å²) in [6, 6.07) is 3.95. The van der Waals surface area contributed by atoms with Gasteiger partial charge in [0.2, 0.25) is 0 Å². The van der Waals surface area contributed by atoms with Crippen LogP contribution in [0.1, 0.15) is 11.4 Å². The van der Waals surface area contributed by atoms with Crippen LogP contribution in [-0.4, -0.2) is 19.7 Å². The molecule has 0 spiro atoms. The molecule has 4 heteroatoms. The Hall–Kier alpha value is -1.71. The standard InChI is InChI=1S/C9H10N4/c1-7-3-4-9(8(2)12-7)13-6-10-5-11-13/h3-6H,1-2H3. The van der Waals surface area contributed by atoms with Crippen LogP contribution in [0.25, 0.3) is 5.69 Å². The molecule has 0 atom stereocenters. The minimum absolute atomic E-state index is 0.963. The fourth-order valence-electron chi connectivity index (χ4n) is 1.25. The Morgan fingerprint density at radius 2 is 2.08 bits per heavy atom. The Kier molecular flexibility index (Phi) is 1.81. The quantitative estimate of drug-likeness (QED) is 0.654. The molecule has 2 aromatic heterocycles. The van der Waals surface area contributed by atoms with Crippen molar-refractivity contribution in [1.82, 2.24) is 19.7 Å². The van der Waals surface area contributed by atoms with E-state index < -0.39 is 0 Å². The Labute approximate surface area is 76.3 Å². The fourth-order valence-corrected chi connectivity index (χ4v) is 1.25. The molecular weight excluding hydrogens is 164 g/mol. The van der Waals surface area contributed by atoms with E-state index in [0.29, 0.717) is 0 Å². The maximum absolute atomic E-state index is 4.34. The summed E-state index contributed by atoms with van der Waals surface area (Å²) in [7, 11) is 0. The second kappa shape index (κ2) is 2.97. The maximum atomic E-state index is 4.34. The van der Waals surface area contributed by atoms with Crippen molar-refractivity contribution in [3.8, 4) is 5.69 Å². The van der Waals surface area contributed by atoms with E-state index in [1.807, 2.05) is 26.0 Å². The van der Waals surface area contributed by atoms with Crippen molar-refractivity contribution >= 4 is 0 Å². The molecule has 0 aliphatic carbocycles. The van der Waals surface area contributed by atoms with Crippen LogP contribution < -0.4 is 0 Å². The molecule has 0 aromatic carbocycles. The molecule has 0 fully saturated rings. The molecule has 0 saturated carbocycles. The summed E-state index contributed by atoms with van der Waals surface area (Å²) >= 11 is 0. The van der Waals surface area contributed by atoms with Gasteiger partial charge in [-0.3, -0.25) is 4.98 Å². The second-order valence-electron chi connectivity index (χ2n) is 2.90. The van der Waals surface area contributed by atoms with Crippen LogP contribution in [0.3, 0.4) is 0 Å². The van der Waals surface area contributed by atoms with E-state index in [1.165, 1.54) is 6.33 Å². The van der Waals surface area contributed by atoms with E-state index >= 15 is 0 Å². The van der Waals surface area contributed by atoms with Gasteiger partial charge in [0.15, 0.2) is 0 Å². The lowest BCUT2D eigenvalue weighted by atomic mass is 10.3. The van der Waals surface area contributed by atoms with Gasteiger partial charge in [-0.05, 0) is 26.0 Å². The van der Waals surface area contributed by atoms with Crippen molar-refractivity contribution in [2.45, 2.75) is 13.8 Å². The van der Waals surface area contributed by atoms with Crippen molar-refractivity contribution in [3.05, 3.63) is 36.2 Å². The van der Waals surface area contributed by atoms with Crippen LogP contribution in [0.4, 0.5) is 0 Å². The van der Waals surface area contributed by atoms with Gasteiger partial charge < -0.3 is 0 Å². The molecule has 0 aliphatic heterocycles. The Morgan fingerprint density at radius 1 is 1.23 bits per heavy atom. The van der Waals surface area contributed by atoms with Gasteiger partial charge >= 0.3 is 0 Å². The first-order valence-corrected chi connectivity index (χ1v) is 4.06. The molecule has 0 radical (unpaired) electrons. The number of nitrogens with zero attached hydrogens (tertiary/aromatic N) is 4. The van der Waals surface area contributed by atoms with Crippen LogP contribution in [0.5, 0.6) is 0 Å². The van der Waals surface area contributed by atoms with Crippen molar-refractivity contribution in [2.75, 3.05) is 0 Å². The molecule has 66 valence electrons. The van der Waals surface area contributed by atoms with Crippen LogP contribution in [0, 0.1) is 13.8 Å². The lowest BCUT2D eigenvalue weighted by molar-refractivity contribution is 0.857. The molecule has 0 unspecified atom stereocenters. The van der Waals surface area contributed by atoms with E-state index in [4.69, 9.17) is 0 Å². The Bertz CT molecular complexity index is 406. The van der Waals surface area contributed by atoms with Crippen molar-refractivity contribution in [3.63, 3.8) is 0 Å². The van der Waals surface area contributed by atoms with E-state index in [9.17, 15) is 0 Å². The molecule has 0 aliphatic rings. The maximum Gasteiger partial charge on any atom is 0.138 e. The largest absolute Gasteiger partial charge is 0.256 e. The van der Waals surface area contributed by atoms with Gasteiger partial charge in [0.05, 0.1) is 11.4 Å². The van der Waals surface area contributed by atoms with E-state index in [2.05, 4.69) is 15.1 Å². The molecule has 0 N–H and O–H groups in total. The number of hydrogen-bond donors (Lipinski definition) is 0. The molecule has 4 nitrogen and oxygen atoms in total. The van der Waals surface area contributed by atoms with Crippen molar-refractivity contribution < 1.29 is 0 Å². The zero-order chi connectivity index (χ0) is 9.26. The van der Waals surface area contributed by atoms with Gasteiger partial charge in [0.1, 0.15) is 12.7 Å². The fraction of sp³-hybridized carbons (Fsp3) is 0.222.